The first-order valence-electron chi connectivity index (χ1n) is 20.4. The van der Waals surface area contributed by atoms with E-state index in [0.29, 0.717) is 11.1 Å². The lowest BCUT2D eigenvalue weighted by atomic mass is 9.97. The fourth-order valence-corrected chi connectivity index (χ4v) is 5.48. The predicted molar refractivity (Wildman–Crippen MR) is 239 cm³/mol. The number of carbonyl (C=O) groups is 8. The first-order chi connectivity index (χ1) is 28.9. The molecule has 7 amide bonds. The van der Waals surface area contributed by atoms with Gasteiger partial charge in [-0.25, -0.2) is 9.59 Å². The topological polar surface area (TPSA) is 239 Å². The number of amides is 7. The van der Waals surface area contributed by atoms with Crippen LogP contribution in [0.2, 0.25) is 0 Å². The van der Waals surface area contributed by atoms with Crippen LogP contribution < -0.4 is 37.2 Å². The third-order valence-corrected chi connectivity index (χ3v) is 9.04. The number of hydrogen-bond donors (Lipinski definition) is 7. The molecule has 0 aliphatic carbocycles. The minimum atomic E-state index is -1.73. The number of esters is 1. The molecule has 7 N–H and O–H groups in total. The highest BCUT2D eigenvalue weighted by Crippen LogP contribution is 2.16. The molecule has 0 heterocycles. The Bertz CT molecular complexity index is 2070. The van der Waals surface area contributed by atoms with Gasteiger partial charge in [0.1, 0.15) is 45.2 Å². The highest BCUT2D eigenvalue weighted by molar-refractivity contribution is 6.08. The van der Waals surface area contributed by atoms with E-state index in [1.165, 1.54) is 74.7 Å². The van der Waals surface area contributed by atoms with E-state index >= 15 is 0 Å². The summed E-state index contributed by atoms with van der Waals surface area (Å²) in [7, 11) is 1.17. The van der Waals surface area contributed by atoms with Crippen LogP contribution >= 0.6 is 0 Å². The van der Waals surface area contributed by atoms with Crippen molar-refractivity contribution in [2.24, 2.45) is 5.92 Å². The standard InChI is InChI=1S/C46H65N7O10/c1-28(2)25-31(47-39(59)45(10,11)53-41(61)63-42(3,4)5)34(54)50-43(6,7)37(57)48-32(26-29-21-17-15-18-22-29)35(55)51-44(8,9)38(58)49-33(27-30-23-19-16-20-24-30)36(56)52-46(12,13)40(60)62-14/h15-24,26-28,31H,25H2,1-14H3,(H,47,59)(H,48,57)(H,49,58)(H,50,54)(H,51,55)(H,52,56)(H,53,61)/b32-26+,33-27+/t31-/m0/s1. The van der Waals surface area contributed by atoms with Gasteiger partial charge in [-0.05, 0) is 112 Å². The second kappa shape index (κ2) is 21.5. The summed E-state index contributed by atoms with van der Waals surface area (Å²) in [6, 6.07) is 16.0. The average Bonchev–Trinajstić information content (AvgIpc) is 3.15. The summed E-state index contributed by atoms with van der Waals surface area (Å²) in [4.78, 5) is 108. The van der Waals surface area contributed by atoms with Crippen LogP contribution in [0.25, 0.3) is 12.2 Å². The van der Waals surface area contributed by atoms with Crippen LogP contribution in [0.3, 0.4) is 0 Å². The molecular weight excluding hydrogens is 811 g/mol. The van der Waals surface area contributed by atoms with Crippen molar-refractivity contribution in [1.82, 2.24) is 37.2 Å². The zero-order valence-corrected chi connectivity index (χ0v) is 38.9. The first-order valence-corrected chi connectivity index (χ1v) is 20.4. The molecule has 0 fully saturated rings. The normalized spacial score (nSPS) is 13.1. The van der Waals surface area contributed by atoms with Crippen molar-refractivity contribution in [2.75, 3.05) is 7.11 Å². The van der Waals surface area contributed by atoms with E-state index in [2.05, 4.69) is 37.2 Å². The van der Waals surface area contributed by atoms with Gasteiger partial charge in [-0.15, -0.1) is 0 Å². The van der Waals surface area contributed by atoms with E-state index in [-0.39, 0.29) is 23.7 Å². The van der Waals surface area contributed by atoms with Crippen LogP contribution in [0.5, 0.6) is 0 Å². The molecule has 0 bridgehead atoms. The van der Waals surface area contributed by atoms with Crippen molar-refractivity contribution in [2.45, 2.75) is 130 Å². The van der Waals surface area contributed by atoms with Gasteiger partial charge in [-0.2, -0.15) is 0 Å². The first kappa shape index (κ1) is 52.6. The van der Waals surface area contributed by atoms with Crippen LogP contribution in [0.4, 0.5) is 4.79 Å². The van der Waals surface area contributed by atoms with E-state index in [4.69, 9.17) is 9.47 Å². The Morgan fingerprint density at radius 2 is 0.952 bits per heavy atom. The molecular formula is C46H65N7O10. The van der Waals surface area contributed by atoms with Gasteiger partial charge in [-0.1, -0.05) is 74.5 Å². The van der Waals surface area contributed by atoms with Crippen molar-refractivity contribution in [3.05, 3.63) is 83.2 Å². The van der Waals surface area contributed by atoms with Gasteiger partial charge in [-0.3, -0.25) is 28.8 Å². The number of methoxy groups -OCH3 is 1. The fraction of sp³-hybridized carbons (Fsp3) is 0.478. The van der Waals surface area contributed by atoms with Crippen LogP contribution in [0, 0.1) is 5.92 Å². The smallest absolute Gasteiger partial charge is 0.408 e. The Hall–Kier alpha value is -6.52. The Kier molecular flexibility index (Phi) is 18.0. The van der Waals surface area contributed by atoms with Crippen molar-refractivity contribution in [1.29, 1.82) is 0 Å². The minimum Gasteiger partial charge on any atom is -0.467 e. The summed E-state index contributed by atoms with van der Waals surface area (Å²) < 4.78 is 10.1. The van der Waals surface area contributed by atoms with Gasteiger partial charge in [0.2, 0.25) is 23.6 Å². The molecule has 0 unspecified atom stereocenters. The third-order valence-electron chi connectivity index (χ3n) is 9.04. The number of carbonyl (C=O) groups excluding carboxylic acids is 8. The van der Waals surface area contributed by atoms with Gasteiger partial charge in [0.15, 0.2) is 0 Å². The summed E-state index contributed by atoms with van der Waals surface area (Å²) in [5, 5.41) is 18.2. The molecule has 17 nitrogen and oxygen atoms in total. The lowest BCUT2D eigenvalue weighted by Gasteiger charge is -2.32. The highest BCUT2D eigenvalue weighted by atomic mass is 16.6. The van der Waals surface area contributed by atoms with E-state index in [1.807, 2.05) is 13.8 Å². The Labute approximate surface area is 370 Å². The largest absolute Gasteiger partial charge is 0.467 e. The molecule has 0 aromatic heterocycles. The van der Waals surface area contributed by atoms with Gasteiger partial charge in [0, 0.05) is 0 Å². The number of ether oxygens (including phenoxy) is 2. The van der Waals surface area contributed by atoms with Crippen LogP contribution in [0.1, 0.15) is 108 Å². The fourth-order valence-electron chi connectivity index (χ4n) is 5.48. The molecule has 63 heavy (non-hydrogen) atoms. The predicted octanol–water partition coefficient (Wildman–Crippen LogP) is 3.99. The third kappa shape index (κ3) is 17.0. The van der Waals surface area contributed by atoms with Crippen molar-refractivity contribution < 1.29 is 47.8 Å². The molecule has 0 saturated heterocycles. The van der Waals surface area contributed by atoms with Crippen molar-refractivity contribution >= 4 is 59.7 Å². The zero-order valence-electron chi connectivity index (χ0n) is 38.9. The molecule has 2 aromatic carbocycles. The van der Waals surface area contributed by atoms with Gasteiger partial charge >= 0.3 is 12.1 Å². The lowest BCUT2D eigenvalue weighted by molar-refractivity contribution is -0.149. The maximum Gasteiger partial charge on any atom is 0.408 e. The summed E-state index contributed by atoms with van der Waals surface area (Å²) in [5.41, 5.74) is -6.69. The summed E-state index contributed by atoms with van der Waals surface area (Å²) in [5.74, 6) is -5.57. The Morgan fingerprint density at radius 3 is 1.35 bits per heavy atom. The maximum absolute atomic E-state index is 14.1. The summed E-state index contributed by atoms with van der Waals surface area (Å²) >= 11 is 0. The van der Waals surface area contributed by atoms with Crippen molar-refractivity contribution in [3.63, 3.8) is 0 Å². The van der Waals surface area contributed by atoms with E-state index < -0.39 is 81.3 Å². The number of benzene rings is 2. The molecule has 17 heteroatoms. The monoisotopic (exact) mass is 875 g/mol. The number of rotatable bonds is 18. The molecule has 0 aliphatic rings. The average molecular weight is 876 g/mol. The van der Waals surface area contributed by atoms with Crippen LogP contribution in [-0.2, 0) is 43.0 Å². The lowest BCUT2D eigenvalue weighted by Crippen LogP contribution is -2.63. The number of hydrogen-bond acceptors (Lipinski definition) is 10. The molecule has 0 radical (unpaired) electrons. The number of nitrogens with one attached hydrogen (secondary N) is 7. The Balaban J connectivity index is 2.39. The maximum atomic E-state index is 14.1. The van der Waals surface area contributed by atoms with E-state index in [9.17, 15) is 38.4 Å². The second-order valence-electron chi connectivity index (χ2n) is 18.5. The van der Waals surface area contributed by atoms with Crippen LogP contribution in [0.15, 0.2) is 72.1 Å². The van der Waals surface area contributed by atoms with Gasteiger partial charge in [0.25, 0.3) is 11.8 Å². The number of alkyl carbamates (subject to hydrolysis) is 1. The summed E-state index contributed by atoms with van der Waals surface area (Å²) in [6.45, 7) is 20.1. The minimum absolute atomic E-state index is 0.0874. The highest BCUT2D eigenvalue weighted by Gasteiger charge is 2.39. The SMILES string of the molecule is COC(=O)C(C)(C)NC(=O)/C(=C\c1ccccc1)NC(=O)C(C)(C)NC(=O)/C(=C\c1ccccc1)NC(=O)C(C)(C)NC(=O)[C@H](CC(C)C)NC(=O)C(C)(C)NC(=O)OC(C)(C)C. The molecule has 1 atom stereocenters. The van der Waals surface area contributed by atoms with E-state index in [1.54, 1.807) is 81.4 Å². The molecule has 2 rings (SSSR count). The Morgan fingerprint density at radius 1 is 0.556 bits per heavy atom. The zero-order chi connectivity index (χ0) is 48.1. The molecule has 0 saturated carbocycles. The molecule has 0 aliphatic heterocycles. The summed E-state index contributed by atoms with van der Waals surface area (Å²) in [6.07, 6.45) is 2.12. The van der Waals surface area contributed by atoms with Crippen molar-refractivity contribution in [3.8, 4) is 0 Å². The second-order valence-corrected chi connectivity index (χ2v) is 18.5. The molecule has 344 valence electrons. The molecule has 0 spiro atoms. The van der Waals surface area contributed by atoms with Gasteiger partial charge < -0.3 is 46.7 Å². The quantitative estimate of drug-likeness (QED) is 0.0840. The van der Waals surface area contributed by atoms with Crippen LogP contribution in [-0.4, -0.2) is 88.4 Å². The van der Waals surface area contributed by atoms with Gasteiger partial charge in [0.05, 0.1) is 7.11 Å². The van der Waals surface area contributed by atoms with E-state index in [0.717, 1.165) is 0 Å². The molecule has 2 aromatic rings.